The first kappa shape index (κ1) is 9.40. The second-order valence-corrected chi connectivity index (χ2v) is 3.26. The third-order valence-corrected chi connectivity index (χ3v) is 2.41. The molecule has 0 amide bonds. The lowest BCUT2D eigenvalue weighted by Gasteiger charge is -2.09. The Balaban J connectivity index is 2.34. The van der Waals surface area contributed by atoms with E-state index in [2.05, 4.69) is 4.74 Å². The second kappa shape index (κ2) is 3.53. The van der Waals surface area contributed by atoms with Gasteiger partial charge >= 0.3 is 6.61 Å². The van der Waals surface area contributed by atoms with Crippen molar-refractivity contribution in [3.05, 3.63) is 29.3 Å². The molecule has 2 rings (SSSR count). The van der Waals surface area contributed by atoms with E-state index in [1.165, 1.54) is 6.07 Å². The van der Waals surface area contributed by atoms with Gasteiger partial charge < -0.3 is 9.84 Å². The number of hydrogen-bond donors (Lipinski definition) is 1. The van der Waals surface area contributed by atoms with E-state index in [0.717, 1.165) is 0 Å². The lowest BCUT2D eigenvalue weighted by molar-refractivity contribution is -0.0504. The Kier molecular flexibility index (Phi) is 2.37. The topological polar surface area (TPSA) is 29.5 Å². The number of rotatable bonds is 2. The van der Waals surface area contributed by atoms with Gasteiger partial charge in [0, 0.05) is 5.56 Å². The van der Waals surface area contributed by atoms with Gasteiger partial charge in [0.05, 0.1) is 6.10 Å². The van der Waals surface area contributed by atoms with Crippen LogP contribution in [0.4, 0.5) is 8.78 Å². The molecule has 14 heavy (non-hydrogen) atoms. The van der Waals surface area contributed by atoms with Crippen molar-refractivity contribution < 1.29 is 18.6 Å². The first-order valence-electron chi connectivity index (χ1n) is 4.43. The van der Waals surface area contributed by atoms with Crippen LogP contribution in [0.3, 0.4) is 0 Å². The molecular formula is C10H10F2O2. The van der Waals surface area contributed by atoms with E-state index < -0.39 is 12.7 Å². The van der Waals surface area contributed by atoms with Crippen LogP contribution in [-0.4, -0.2) is 11.7 Å². The minimum Gasteiger partial charge on any atom is -0.435 e. The molecule has 0 bridgehead atoms. The van der Waals surface area contributed by atoms with Crippen LogP contribution in [0.15, 0.2) is 18.2 Å². The van der Waals surface area contributed by atoms with E-state index in [9.17, 15) is 13.9 Å². The van der Waals surface area contributed by atoms with Crippen molar-refractivity contribution in [3.8, 4) is 5.75 Å². The fourth-order valence-electron chi connectivity index (χ4n) is 1.81. The fourth-order valence-corrected chi connectivity index (χ4v) is 1.81. The molecule has 2 nitrogen and oxygen atoms in total. The molecule has 0 unspecified atom stereocenters. The van der Waals surface area contributed by atoms with E-state index in [1.54, 1.807) is 12.1 Å². The number of alkyl halides is 2. The largest absolute Gasteiger partial charge is 0.435 e. The number of ether oxygens (including phenoxy) is 1. The molecule has 1 aliphatic rings. The summed E-state index contributed by atoms with van der Waals surface area (Å²) in [4.78, 5) is 0. The van der Waals surface area contributed by atoms with Crippen molar-refractivity contribution in [1.29, 1.82) is 0 Å². The molecule has 1 N–H and O–H groups in total. The Labute approximate surface area is 80.1 Å². The summed E-state index contributed by atoms with van der Waals surface area (Å²) in [5, 5.41) is 9.50. The maximum atomic E-state index is 12.0. The lowest BCUT2D eigenvalue weighted by atomic mass is 10.1. The number of aliphatic hydroxyl groups excluding tert-OH is 1. The molecule has 0 saturated carbocycles. The summed E-state index contributed by atoms with van der Waals surface area (Å²) in [5.74, 6) is 0.189. The van der Waals surface area contributed by atoms with Gasteiger partial charge in [0.15, 0.2) is 0 Å². The van der Waals surface area contributed by atoms with Crippen molar-refractivity contribution >= 4 is 0 Å². The highest BCUT2D eigenvalue weighted by molar-refractivity contribution is 5.44. The highest BCUT2D eigenvalue weighted by Gasteiger charge is 2.24. The van der Waals surface area contributed by atoms with Gasteiger partial charge in [-0.1, -0.05) is 12.1 Å². The maximum Gasteiger partial charge on any atom is 0.387 e. The van der Waals surface area contributed by atoms with Gasteiger partial charge in [0.1, 0.15) is 5.75 Å². The summed E-state index contributed by atoms with van der Waals surface area (Å²) in [6.07, 6.45) is 0.643. The molecule has 0 heterocycles. The van der Waals surface area contributed by atoms with Crippen LogP contribution in [0.5, 0.6) is 5.75 Å². The quantitative estimate of drug-likeness (QED) is 0.793. The zero-order valence-electron chi connectivity index (χ0n) is 7.41. The molecule has 0 fully saturated rings. The SMILES string of the molecule is O[C@H]1CCc2c(OC(F)F)cccc21. The molecule has 0 saturated heterocycles. The maximum absolute atomic E-state index is 12.0. The molecule has 1 atom stereocenters. The number of benzene rings is 1. The predicted molar refractivity (Wildman–Crippen MR) is 46.4 cm³/mol. The van der Waals surface area contributed by atoms with Crippen LogP contribution in [0.1, 0.15) is 23.7 Å². The van der Waals surface area contributed by atoms with Gasteiger partial charge in [-0.25, -0.2) is 0 Å². The minimum absolute atomic E-state index is 0.189. The van der Waals surface area contributed by atoms with Crippen LogP contribution >= 0.6 is 0 Å². The molecule has 0 spiro atoms. The molecule has 76 valence electrons. The zero-order valence-corrected chi connectivity index (χ0v) is 7.41. The lowest BCUT2D eigenvalue weighted by Crippen LogP contribution is -2.04. The average molecular weight is 200 g/mol. The van der Waals surface area contributed by atoms with Crippen LogP contribution < -0.4 is 4.74 Å². The van der Waals surface area contributed by atoms with Crippen LogP contribution in [-0.2, 0) is 6.42 Å². The van der Waals surface area contributed by atoms with Crippen LogP contribution in [0.25, 0.3) is 0 Å². The Morgan fingerprint density at radius 2 is 2.21 bits per heavy atom. The summed E-state index contributed by atoms with van der Waals surface area (Å²) in [7, 11) is 0. The number of halogens is 2. The van der Waals surface area contributed by atoms with Crippen LogP contribution in [0.2, 0.25) is 0 Å². The standard InChI is InChI=1S/C10H10F2O2/c11-10(12)14-9-3-1-2-6-7(9)4-5-8(6)13/h1-3,8,10,13H,4-5H2/t8-/m0/s1. The van der Waals surface area contributed by atoms with Crippen molar-refractivity contribution in [2.45, 2.75) is 25.6 Å². The van der Waals surface area contributed by atoms with Gasteiger partial charge in [0.2, 0.25) is 0 Å². The second-order valence-electron chi connectivity index (χ2n) is 3.26. The molecule has 0 aliphatic heterocycles. The van der Waals surface area contributed by atoms with E-state index in [-0.39, 0.29) is 5.75 Å². The fraction of sp³-hybridized carbons (Fsp3) is 0.400. The molecule has 4 heteroatoms. The summed E-state index contributed by atoms with van der Waals surface area (Å²) in [6.45, 7) is -2.81. The van der Waals surface area contributed by atoms with E-state index >= 15 is 0 Å². The predicted octanol–water partition coefficient (Wildman–Crippen LogP) is 2.27. The van der Waals surface area contributed by atoms with Crippen molar-refractivity contribution in [3.63, 3.8) is 0 Å². The Hall–Kier alpha value is -1.16. The Morgan fingerprint density at radius 3 is 2.93 bits per heavy atom. The van der Waals surface area contributed by atoms with E-state index in [0.29, 0.717) is 24.0 Å². The highest BCUT2D eigenvalue weighted by atomic mass is 19.3. The summed E-state index contributed by atoms with van der Waals surface area (Å²) in [5.41, 5.74) is 1.42. The van der Waals surface area contributed by atoms with Gasteiger partial charge in [-0.15, -0.1) is 0 Å². The molecule has 0 radical (unpaired) electrons. The summed E-state index contributed by atoms with van der Waals surface area (Å²) >= 11 is 0. The van der Waals surface area contributed by atoms with Crippen molar-refractivity contribution in [2.24, 2.45) is 0 Å². The zero-order chi connectivity index (χ0) is 10.1. The van der Waals surface area contributed by atoms with Crippen molar-refractivity contribution in [2.75, 3.05) is 0 Å². The normalized spacial score (nSPS) is 19.9. The molecule has 1 aromatic carbocycles. The molecular weight excluding hydrogens is 190 g/mol. The first-order chi connectivity index (χ1) is 6.68. The van der Waals surface area contributed by atoms with Gasteiger partial charge in [-0.2, -0.15) is 8.78 Å². The third kappa shape index (κ3) is 1.57. The number of hydrogen-bond acceptors (Lipinski definition) is 2. The first-order valence-corrected chi connectivity index (χ1v) is 4.43. The van der Waals surface area contributed by atoms with Crippen LogP contribution in [0, 0.1) is 0 Å². The minimum atomic E-state index is -2.81. The van der Waals surface area contributed by atoms with Gasteiger partial charge in [-0.05, 0) is 24.5 Å². The Morgan fingerprint density at radius 1 is 1.43 bits per heavy atom. The number of aliphatic hydroxyl groups is 1. The monoisotopic (exact) mass is 200 g/mol. The smallest absolute Gasteiger partial charge is 0.387 e. The summed E-state index contributed by atoms with van der Waals surface area (Å²) in [6, 6.07) is 4.86. The highest BCUT2D eigenvalue weighted by Crippen LogP contribution is 2.37. The summed E-state index contributed by atoms with van der Waals surface area (Å²) < 4.78 is 28.4. The average Bonchev–Trinajstić information content (AvgIpc) is 2.49. The molecule has 0 aromatic heterocycles. The van der Waals surface area contributed by atoms with Crippen molar-refractivity contribution in [1.82, 2.24) is 0 Å². The third-order valence-electron chi connectivity index (χ3n) is 2.41. The molecule has 1 aromatic rings. The number of fused-ring (bicyclic) bond motifs is 1. The van der Waals surface area contributed by atoms with Gasteiger partial charge in [0.25, 0.3) is 0 Å². The molecule has 1 aliphatic carbocycles. The Bertz CT molecular complexity index is 339. The van der Waals surface area contributed by atoms with E-state index in [4.69, 9.17) is 0 Å². The van der Waals surface area contributed by atoms with Gasteiger partial charge in [-0.3, -0.25) is 0 Å². The van der Waals surface area contributed by atoms with E-state index in [1.807, 2.05) is 0 Å².